The number of thiazole rings is 1. The Bertz CT molecular complexity index is 1020. The quantitative estimate of drug-likeness (QED) is 0.697. The van der Waals surface area contributed by atoms with E-state index in [4.69, 9.17) is 4.74 Å². The number of fused-ring (bicyclic) bond motifs is 1. The van der Waals surface area contributed by atoms with E-state index < -0.39 is 0 Å². The molecule has 0 aliphatic carbocycles. The molecule has 29 heavy (non-hydrogen) atoms. The number of carbonyl (C=O) groups is 2. The third kappa shape index (κ3) is 4.46. The molecule has 0 atom stereocenters. The van der Waals surface area contributed by atoms with Crippen LogP contribution in [0.3, 0.4) is 0 Å². The van der Waals surface area contributed by atoms with Crippen LogP contribution in [0, 0.1) is 0 Å². The summed E-state index contributed by atoms with van der Waals surface area (Å²) in [6.45, 7) is 3.06. The van der Waals surface area contributed by atoms with E-state index in [0.29, 0.717) is 37.4 Å². The summed E-state index contributed by atoms with van der Waals surface area (Å²) in [7, 11) is 0. The monoisotopic (exact) mass is 407 g/mol. The molecule has 0 radical (unpaired) electrons. The van der Waals surface area contributed by atoms with E-state index in [-0.39, 0.29) is 11.8 Å². The third-order valence-corrected chi connectivity index (χ3v) is 5.47. The van der Waals surface area contributed by atoms with Gasteiger partial charge in [0, 0.05) is 36.6 Å². The van der Waals surface area contributed by atoms with E-state index >= 15 is 0 Å². The fraction of sp³-hybridized carbons (Fsp3) is 0.227. The Labute approximate surface area is 173 Å². The highest BCUT2D eigenvalue weighted by Crippen LogP contribution is 2.27. The number of ether oxygens (including phenoxy) is 1. The van der Waals surface area contributed by atoms with Crippen molar-refractivity contribution in [3.63, 3.8) is 0 Å². The third-order valence-electron chi connectivity index (χ3n) is 4.84. The standard InChI is InChI=1S/C22H21N3O3S/c1-15(26)24-21-4-2-3-17-11-25(10-9-20(17)21)22(27)16-5-7-19(8-6-16)28-12-18-13-29-14-23-18/h2-8,13-14H,9-12H2,1H3,(H,24,26). The fourth-order valence-corrected chi connectivity index (χ4v) is 3.98. The van der Waals surface area contributed by atoms with Crippen molar-refractivity contribution in [2.24, 2.45) is 0 Å². The Morgan fingerprint density at radius 3 is 2.76 bits per heavy atom. The van der Waals surface area contributed by atoms with E-state index in [0.717, 1.165) is 22.5 Å². The number of hydrogen-bond acceptors (Lipinski definition) is 5. The minimum Gasteiger partial charge on any atom is -0.487 e. The molecule has 1 aliphatic heterocycles. The summed E-state index contributed by atoms with van der Waals surface area (Å²) in [6, 6.07) is 13.0. The van der Waals surface area contributed by atoms with Gasteiger partial charge in [-0.1, -0.05) is 12.1 Å². The second kappa shape index (κ2) is 8.45. The summed E-state index contributed by atoms with van der Waals surface area (Å²) in [5, 5.41) is 4.82. The minimum absolute atomic E-state index is 0.00775. The fourth-order valence-electron chi connectivity index (χ4n) is 3.43. The molecule has 4 rings (SSSR count). The number of anilines is 1. The van der Waals surface area contributed by atoms with Gasteiger partial charge in [0.25, 0.3) is 5.91 Å². The minimum atomic E-state index is -0.0889. The van der Waals surface area contributed by atoms with Crippen molar-refractivity contribution in [3.8, 4) is 5.75 Å². The molecule has 1 N–H and O–H groups in total. The van der Waals surface area contributed by atoms with E-state index in [9.17, 15) is 9.59 Å². The van der Waals surface area contributed by atoms with Crippen LogP contribution in [0.5, 0.6) is 5.75 Å². The van der Waals surface area contributed by atoms with Crippen molar-refractivity contribution >= 4 is 28.8 Å². The summed E-state index contributed by atoms with van der Waals surface area (Å²) in [4.78, 5) is 30.4. The first-order valence-electron chi connectivity index (χ1n) is 9.38. The smallest absolute Gasteiger partial charge is 0.254 e. The van der Waals surface area contributed by atoms with Crippen LogP contribution in [-0.4, -0.2) is 28.2 Å². The molecule has 148 valence electrons. The molecule has 2 heterocycles. The normalized spacial score (nSPS) is 12.9. The molecule has 7 heteroatoms. The van der Waals surface area contributed by atoms with Crippen LogP contribution in [0.1, 0.15) is 34.1 Å². The number of carbonyl (C=O) groups excluding carboxylic acids is 2. The number of nitrogens with one attached hydrogen (secondary N) is 1. The number of aromatic nitrogens is 1. The average molecular weight is 407 g/mol. The van der Waals surface area contributed by atoms with Gasteiger partial charge in [-0.3, -0.25) is 9.59 Å². The second-order valence-electron chi connectivity index (χ2n) is 6.89. The molecular formula is C22H21N3O3S. The van der Waals surface area contributed by atoms with Gasteiger partial charge in [-0.2, -0.15) is 0 Å². The Kier molecular flexibility index (Phi) is 5.57. The SMILES string of the molecule is CC(=O)Nc1cccc2c1CCN(C(=O)c1ccc(OCc3cscn3)cc1)C2. The van der Waals surface area contributed by atoms with Crippen molar-refractivity contribution in [1.29, 1.82) is 0 Å². The first-order valence-corrected chi connectivity index (χ1v) is 10.3. The molecule has 3 aromatic rings. The van der Waals surface area contributed by atoms with Crippen LogP contribution in [-0.2, 0) is 24.4 Å². The summed E-state index contributed by atoms with van der Waals surface area (Å²) < 4.78 is 5.71. The van der Waals surface area contributed by atoms with E-state index in [1.54, 1.807) is 17.6 Å². The molecular weight excluding hydrogens is 386 g/mol. The van der Waals surface area contributed by atoms with Crippen molar-refractivity contribution in [2.75, 3.05) is 11.9 Å². The molecule has 0 saturated carbocycles. The first kappa shape index (κ1) is 19.1. The van der Waals surface area contributed by atoms with Crippen molar-refractivity contribution < 1.29 is 14.3 Å². The predicted octanol–water partition coefficient (Wildman–Crippen LogP) is 3.88. The number of hydrogen-bond donors (Lipinski definition) is 1. The number of amides is 2. The van der Waals surface area contributed by atoms with Crippen molar-refractivity contribution in [2.45, 2.75) is 26.5 Å². The zero-order valence-corrected chi connectivity index (χ0v) is 16.9. The maximum atomic E-state index is 12.9. The maximum Gasteiger partial charge on any atom is 0.254 e. The van der Waals surface area contributed by atoms with Crippen LogP contribution in [0.4, 0.5) is 5.69 Å². The second-order valence-corrected chi connectivity index (χ2v) is 7.61. The Hall–Kier alpha value is -3.19. The lowest BCUT2D eigenvalue weighted by Gasteiger charge is -2.30. The lowest BCUT2D eigenvalue weighted by molar-refractivity contribution is -0.114. The van der Waals surface area contributed by atoms with Gasteiger partial charge < -0.3 is 15.0 Å². The zero-order chi connectivity index (χ0) is 20.2. The molecule has 0 unspecified atom stereocenters. The number of benzene rings is 2. The van der Waals surface area contributed by atoms with Crippen LogP contribution >= 0.6 is 11.3 Å². The molecule has 2 aromatic carbocycles. The number of rotatable bonds is 5. The van der Waals surface area contributed by atoms with Gasteiger partial charge in [0.1, 0.15) is 12.4 Å². The van der Waals surface area contributed by atoms with Gasteiger partial charge in [-0.15, -0.1) is 11.3 Å². The topological polar surface area (TPSA) is 71.5 Å². The first-order chi connectivity index (χ1) is 14.1. The van der Waals surface area contributed by atoms with Gasteiger partial charge >= 0.3 is 0 Å². The van der Waals surface area contributed by atoms with E-state index in [1.165, 1.54) is 18.3 Å². The summed E-state index contributed by atoms with van der Waals surface area (Å²) in [5.41, 5.74) is 6.31. The lowest BCUT2D eigenvalue weighted by Crippen LogP contribution is -2.36. The van der Waals surface area contributed by atoms with Gasteiger partial charge in [0.15, 0.2) is 0 Å². The summed E-state index contributed by atoms with van der Waals surface area (Å²) in [6.07, 6.45) is 0.715. The molecule has 0 spiro atoms. The molecule has 2 amide bonds. The molecule has 1 aliphatic rings. The Morgan fingerprint density at radius 2 is 2.03 bits per heavy atom. The Morgan fingerprint density at radius 1 is 1.21 bits per heavy atom. The van der Waals surface area contributed by atoms with Crippen LogP contribution in [0.15, 0.2) is 53.4 Å². The average Bonchev–Trinajstić information content (AvgIpc) is 3.25. The van der Waals surface area contributed by atoms with Gasteiger partial charge in [0.05, 0.1) is 11.2 Å². The molecule has 0 bridgehead atoms. The van der Waals surface area contributed by atoms with Crippen LogP contribution < -0.4 is 10.1 Å². The van der Waals surface area contributed by atoms with Gasteiger partial charge in [0.2, 0.25) is 5.91 Å². The molecule has 0 saturated heterocycles. The summed E-state index contributed by atoms with van der Waals surface area (Å²) in [5.74, 6) is 0.610. The Balaban J connectivity index is 1.42. The predicted molar refractivity (Wildman–Crippen MR) is 112 cm³/mol. The summed E-state index contributed by atoms with van der Waals surface area (Å²) >= 11 is 1.53. The molecule has 0 fully saturated rings. The van der Waals surface area contributed by atoms with Crippen molar-refractivity contribution in [1.82, 2.24) is 9.88 Å². The lowest BCUT2D eigenvalue weighted by atomic mass is 9.97. The van der Waals surface area contributed by atoms with E-state index in [1.807, 2.05) is 40.6 Å². The molecule has 1 aromatic heterocycles. The highest BCUT2D eigenvalue weighted by molar-refractivity contribution is 7.07. The van der Waals surface area contributed by atoms with Crippen LogP contribution in [0.2, 0.25) is 0 Å². The van der Waals surface area contributed by atoms with E-state index in [2.05, 4.69) is 10.3 Å². The van der Waals surface area contributed by atoms with Crippen LogP contribution in [0.25, 0.3) is 0 Å². The number of nitrogens with zero attached hydrogens (tertiary/aromatic N) is 2. The zero-order valence-electron chi connectivity index (χ0n) is 16.1. The largest absolute Gasteiger partial charge is 0.487 e. The van der Waals surface area contributed by atoms with Gasteiger partial charge in [-0.25, -0.2) is 4.98 Å². The highest BCUT2D eigenvalue weighted by atomic mass is 32.1. The van der Waals surface area contributed by atoms with Gasteiger partial charge in [-0.05, 0) is 47.9 Å². The van der Waals surface area contributed by atoms with Crippen molar-refractivity contribution in [3.05, 3.63) is 75.7 Å². The maximum absolute atomic E-state index is 12.9. The highest BCUT2D eigenvalue weighted by Gasteiger charge is 2.23. The molecule has 6 nitrogen and oxygen atoms in total.